The maximum atomic E-state index is 13.0. The van der Waals surface area contributed by atoms with Crippen LogP contribution in [0.3, 0.4) is 0 Å². The van der Waals surface area contributed by atoms with Gasteiger partial charge in [0.2, 0.25) is 15.9 Å². The number of anilines is 1. The summed E-state index contributed by atoms with van der Waals surface area (Å²) in [6.07, 6.45) is 1.18. The van der Waals surface area contributed by atoms with Crippen molar-refractivity contribution in [1.82, 2.24) is 4.31 Å². The third kappa shape index (κ3) is 5.63. The lowest BCUT2D eigenvalue weighted by Gasteiger charge is -2.31. The molecule has 0 unspecified atom stereocenters. The number of carbonyl (C=O) groups is 1. The summed E-state index contributed by atoms with van der Waals surface area (Å²) in [6.45, 7) is 0.452. The van der Waals surface area contributed by atoms with E-state index in [1.807, 2.05) is 0 Å². The van der Waals surface area contributed by atoms with E-state index in [1.54, 1.807) is 36.4 Å². The highest BCUT2D eigenvalue weighted by Crippen LogP contribution is 2.31. The van der Waals surface area contributed by atoms with Gasteiger partial charge < -0.3 is 14.8 Å². The molecule has 2 aromatic rings. The van der Waals surface area contributed by atoms with E-state index < -0.39 is 15.9 Å². The second-order valence-electron chi connectivity index (χ2n) is 7.21. The summed E-state index contributed by atoms with van der Waals surface area (Å²) in [5.74, 6) is 0.00914. The van der Waals surface area contributed by atoms with E-state index in [4.69, 9.17) is 32.7 Å². The van der Waals surface area contributed by atoms with Crippen molar-refractivity contribution in [2.45, 2.75) is 18.6 Å². The molecule has 1 aliphatic rings. The lowest BCUT2D eigenvalue weighted by Crippen LogP contribution is -2.44. The monoisotopic (exact) mass is 486 g/mol. The van der Waals surface area contributed by atoms with Gasteiger partial charge in [-0.15, -0.1) is 0 Å². The first-order chi connectivity index (χ1) is 14.7. The van der Waals surface area contributed by atoms with Crippen molar-refractivity contribution in [3.63, 3.8) is 0 Å². The summed E-state index contributed by atoms with van der Waals surface area (Å²) >= 11 is 12.3. The highest BCUT2D eigenvalue weighted by molar-refractivity contribution is 7.88. The Balaban J connectivity index is 1.70. The van der Waals surface area contributed by atoms with Crippen LogP contribution in [0.4, 0.5) is 5.69 Å². The Kier molecular flexibility index (Phi) is 7.69. The van der Waals surface area contributed by atoms with E-state index in [-0.39, 0.29) is 18.2 Å². The lowest BCUT2D eigenvalue weighted by atomic mass is 9.98. The number of amides is 1. The zero-order valence-electron chi connectivity index (χ0n) is 17.2. The molecule has 0 radical (unpaired) electrons. The van der Waals surface area contributed by atoms with Gasteiger partial charge >= 0.3 is 0 Å². The minimum atomic E-state index is -3.69. The third-order valence-corrected chi connectivity index (χ3v) is 7.67. The Bertz CT molecular complexity index is 1040. The second kappa shape index (κ2) is 10.1. The Morgan fingerprint density at radius 2 is 1.81 bits per heavy atom. The fourth-order valence-electron chi connectivity index (χ4n) is 3.51. The van der Waals surface area contributed by atoms with Crippen LogP contribution in [0.15, 0.2) is 36.4 Å². The summed E-state index contributed by atoms with van der Waals surface area (Å²) in [5.41, 5.74) is 0.910. The van der Waals surface area contributed by atoms with Crippen molar-refractivity contribution in [2.75, 3.05) is 32.6 Å². The molecule has 7 nitrogen and oxygen atoms in total. The Hall–Kier alpha value is -2.00. The van der Waals surface area contributed by atoms with Crippen LogP contribution < -0.4 is 14.8 Å². The van der Waals surface area contributed by atoms with Gasteiger partial charge in [-0.05, 0) is 37.1 Å². The number of methoxy groups -OCH3 is 2. The molecule has 168 valence electrons. The number of nitrogens with zero attached hydrogens (tertiary/aromatic N) is 1. The van der Waals surface area contributed by atoms with E-state index in [0.29, 0.717) is 52.2 Å². The molecule has 1 heterocycles. The van der Waals surface area contributed by atoms with Crippen LogP contribution in [-0.2, 0) is 20.6 Å². The van der Waals surface area contributed by atoms with Crippen molar-refractivity contribution in [1.29, 1.82) is 0 Å². The number of hydrogen-bond donors (Lipinski definition) is 1. The molecule has 1 N–H and O–H groups in total. The van der Waals surface area contributed by atoms with E-state index in [0.717, 1.165) is 0 Å². The predicted octanol–water partition coefficient (Wildman–Crippen LogP) is 4.19. The topological polar surface area (TPSA) is 84.9 Å². The van der Waals surface area contributed by atoms with Crippen LogP contribution in [-0.4, -0.2) is 45.9 Å². The summed E-state index contributed by atoms with van der Waals surface area (Å²) in [4.78, 5) is 12.8. The van der Waals surface area contributed by atoms with Crippen molar-refractivity contribution >= 4 is 44.8 Å². The van der Waals surface area contributed by atoms with Crippen molar-refractivity contribution in [3.8, 4) is 11.5 Å². The molecule has 1 fully saturated rings. The van der Waals surface area contributed by atoms with Gasteiger partial charge in [0.05, 0.1) is 25.9 Å². The molecule has 3 rings (SSSR count). The molecule has 0 aliphatic carbocycles. The standard InChI is InChI=1S/C21H24Cl2N2O5S/c1-29-19-9-8-15(11-20(19)30-2)24-21(26)14-5-4-10-25(12-14)31(27,28)13-16-17(22)6-3-7-18(16)23/h3,6-9,11,14H,4-5,10,12-13H2,1-2H3,(H,24,26)/t14-/m1/s1. The summed E-state index contributed by atoms with van der Waals surface area (Å²) in [7, 11) is -0.649. The number of piperidine rings is 1. The van der Waals surface area contributed by atoms with Gasteiger partial charge in [0, 0.05) is 40.5 Å². The molecule has 0 spiro atoms. The molecule has 1 saturated heterocycles. The van der Waals surface area contributed by atoms with Gasteiger partial charge in [0.1, 0.15) is 0 Å². The van der Waals surface area contributed by atoms with Gasteiger partial charge in [-0.1, -0.05) is 29.3 Å². The molecule has 0 bridgehead atoms. The van der Waals surface area contributed by atoms with E-state index in [9.17, 15) is 13.2 Å². The van der Waals surface area contributed by atoms with Gasteiger partial charge in [0.15, 0.2) is 11.5 Å². The minimum Gasteiger partial charge on any atom is -0.493 e. The number of rotatable bonds is 7. The van der Waals surface area contributed by atoms with Crippen LogP contribution >= 0.6 is 23.2 Å². The SMILES string of the molecule is COc1ccc(NC(=O)[C@@H]2CCCN(S(=O)(=O)Cc3c(Cl)cccc3Cl)C2)cc1OC. The van der Waals surface area contributed by atoms with Crippen LogP contribution in [0.5, 0.6) is 11.5 Å². The summed E-state index contributed by atoms with van der Waals surface area (Å²) < 4.78 is 37.8. The quantitative estimate of drug-likeness (QED) is 0.633. The maximum absolute atomic E-state index is 13.0. The lowest BCUT2D eigenvalue weighted by molar-refractivity contribution is -0.120. The highest BCUT2D eigenvalue weighted by atomic mass is 35.5. The normalized spacial score (nSPS) is 17.2. The molecule has 2 aromatic carbocycles. The first-order valence-corrected chi connectivity index (χ1v) is 12.0. The van der Waals surface area contributed by atoms with Crippen LogP contribution in [0.25, 0.3) is 0 Å². The molecule has 0 saturated carbocycles. The molecular formula is C21H24Cl2N2O5S. The first-order valence-electron chi connectivity index (χ1n) is 9.68. The summed E-state index contributed by atoms with van der Waals surface area (Å²) in [5, 5.41) is 3.44. The van der Waals surface area contributed by atoms with Gasteiger partial charge in [-0.25, -0.2) is 12.7 Å². The molecule has 0 aromatic heterocycles. The molecule has 1 atom stereocenters. The first kappa shape index (κ1) is 23.7. The van der Waals surface area contributed by atoms with Gasteiger partial charge in [-0.2, -0.15) is 0 Å². The number of benzene rings is 2. The van der Waals surface area contributed by atoms with Crippen LogP contribution in [0.2, 0.25) is 10.0 Å². The van der Waals surface area contributed by atoms with Crippen LogP contribution in [0.1, 0.15) is 18.4 Å². The van der Waals surface area contributed by atoms with Crippen molar-refractivity contribution in [3.05, 3.63) is 52.0 Å². The van der Waals surface area contributed by atoms with Gasteiger partial charge in [-0.3, -0.25) is 4.79 Å². The number of ether oxygens (including phenoxy) is 2. The Morgan fingerprint density at radius 3 is 2.45 bits per heavy atom. The molecular weight excluding hydrogens is 463 g/mol. The number of halogens is 2. The Morgan fingerprint density at radius 1 is 1.13 bits per heavy atom. The smallest absolute Gasteiger partial charge is 0.228 e. The predicted molar refractivity (Wildman–Crippen MR) is 122 cm³/mol. The molecule has 31 heavy (non-hydrogen) atoms. The zero-order chi connectivity index (χ0) is 22.6. The zero-order valence-corrected chi connectivity index (χ0v) is 19.6. The second-order valence-corrected chi connectivity index (χ2v) is 10.00. The van der Waals surface area contributed by atoms with E-state index in [1.165, 1.54) is 18.5 Å². The minimum absolute atomic E-state index is 0.101. The molecule has 10 heteroatoms. The number of carbonyl (C=O) groups excluding carboxylic acids is 1. The maximum Gasteiger partial charge on any atom is 0.228 e. The number of nitrogens with one attached hydrogen (secondary N) is 1. The third-order valence-electron chi connectivity index (χ3n) is 5.19. The average Bonchev–Trinajstić information content (AvgIpc) is 2.76. The van der Waals surface area contributed by atoms with E-state index in [2.05, 4.69) is 5.32 Å². The number of hydrogen-bond acceptors (Lipinski definition) is 5. The van der Waals surface area contributed by atoms with Crippen molar-refractivity contribution < 1.29 is 22.7 Å². The molecule has 1 aliphatic heterocycles. The Labute approximate surface area is 192 Å². The fraction of sp³-hybridized carbons (Fsp3) is 0.381. The summed E-state index contributed by atoms with van der Waals surface area (Å²) in [6, 6.07) is 9.93. The highest BCUT2D eigenvalue weighted by Gasteiger charge is 2.33. The van der Waals surface area contributed by atoms with Crippen LogP contribution in [0, 0.1) is 5.92 Å². The fourth-order valence-corrected chi connectivity index (χ4v) is 5.87. The molecule has 1 amide bonds. The van der Waals surface area contributed by atoms with Gasteiger partial charge in [0.25, 0.3) is 0 Å². The van der Waals surface area contributed by atoms with E-state index >= 15 is 0 Å². The number of sulfonamides is 1. The van der Waals surface area contributed by atoms with Crippen molar-refractivity contribution in [2.24, 2.45) is 5.92 Å². The largest absolute Gasteiger partial charge is 0.493 e. The average molecular weight is 487 g/mol.